The Morgan fingerprint density at radius 1 is 1.33 bits per heavy atom. The van der Waals surface area contributed by atoms with Crippen molar-refractivity contribution in [1.29, 1.82) is 5.26 Å². The fourth-order valence-corrected chi connectivity index (χ4v) is 4.08. The van der Waals surface area contributed by atoms with Gasteiger partial charge in [0.05, 0.1) is 16.5 Å². The fraction of sp³-hybridized carbons (Fsp3) is 0.235. The maximum absolute atomic E-state index is 14.0. The number of ether oxygens (including phenoxy) is 1. The molecule has 0 heterocycles. The van der Waals surface area contributed by atoms with Crippen LogP contribution in [0.1, 0.15) is 22.8 Å². The van der Waals surface area contributed by atoms with Gasteiger partial charge in [0.2, 0.25) is 9.84 Å². The second-order valence-corrected chi connectivity index (χ2v) is 8.23. The Balaban J connectivity index is 2.15. The lowest BCUT2D eigenvalue weighted by atomic mass is 10.1. The van der Waals surface area contributed by atoms with Crippen LogP contribution in [0, 0.1) is 11.3 Å². The maximum atomic E-state index is 14.0. The van der Waals surface area contributed by atoms with E-state index in [1.54, 1.807) is 0 Å². The molecule has 10 heteroatoms. The van der Waals surface area contributed by atoms with Crippen molar-refractivity contribution in [2.75, 3.05) is 6.01 Å². The molecule has 2 aromatic carbocycles. The zero-order valence-corrected chi connectivity index (χ0v) is 15.0. The second-order valence-electron chi connectivity index (χ2n) is 5.91. The van der Waals surface area contributed by atoms with Crippen LogP contribution >= 0.6 is 11.6 Å². The van der Waals surface area contributed by atoms with Crippen molar-refractivity contribution in [2.45, 2.75) is 23.3 Å². The molecule has 1 aliphatic rings. The van der Waals surface area contributed by atoms with Crippen LogP contribution in [0.3, 0.4) is 0 Å². The molecule has 142 valence electrons. The molecule has 27 heavy (non-hydrogen) atoms. The van der Waals surface area contributed by atoms with Gasteiger partial charge in [0.25, 0.3) is 5.92 Å². The van der Waals surface area contributed by atoms with E-state index < -0.39 is 44.8 Å². The lowest BCUT2D eigenvalue weighted by molar-refractivity contribution is -0.0976. The minimum atomic E-state index is -4.49. The standard InChI is InChI=1S/C17H11ClF3NO4S/c18-10-3-9(7-22)4-11(5-10)26-13-1-2-14(27(24,25)8-19)15-12(13)6-17(20,21)16(15)23/h1-5,16,23H,6,8H2. The van der Waals surface area contributed by atoms with Gasteiger partial charge in [-0.25, -0.2) is 21.6 Å². The number of aliphatic hydroxyl groups excluding tert-OH is 1. The van der Waals surface area contributed by atoms with Gasteiger partial charge < -0.3 is 9.84 Å². The number of sulfone groups is 1. The maximum Gasteiger partial charge on any atom is 0.281 e. The predicted molar refractivity (Wildman–Crippen MR) is 89.5 cm³/mol. The van der Waals surface area contributed by atoms with Crippen LogP contribution < -0.4 is 4.74 Å². The van der Waals surface area contributed by atoms with Gasteiger partial charge in [0, 0.05) is 22.6 Å². The average molecular weight is 418 g/mol. The van der Waals surface area contributed by atoms with E-state index in [9.17, 15) is 26.7 Å². The van der Waals surface area contributed by atoms with Crippen molar-refractivity contribution in [3.05, 3.63) is 52.0 Å². The van der Waals surface area contributed by atoms with E-state index in [1.807, 2.05) is 6.07 Å². The largest absolute Gasteiger partial charge is 0.457 e. The van der Waals surface area contributed by atoms with Gasteiger partial charge in [-0.05, 0) is 30.3 Å². The van der Waals surface area contributed by atoms with Gasteiger partial charge >= 0.3 is 0 Å². The molecule has 0 aliphatic heterocycles. The van der Waals surface area contributed by atoms with Crippen LogP contribution in [0.5, 0.6) is 11.5 Å². The number of aliphatic hydroxyl groups is 1. The average Bonchev–Trinajstić information content (AvgIpc) is 2.85. The molecular weight excluding hydrogens is 407 g/mol. The highest BCUT2D eigenvalue weighted by Gasteiger charge is 2.50. The van der Waals surface area contributed by atoms with Gasteiger partial charge in [-0.15, -0.1) is 0 Å². The van der Waals surface area contributed by atoms with Crippen LogP contribution in [0.25, 0.3) is 0 Å². The number of benzene rings is 2. The number of nitrogens with zero attached hydrogens (tertiary/aromatic N) is 1. The minimum absolute atomic E-state index is 0.0621. The third-order valence-electron chi connectivity index (χ3n) is 4.07. The molecule has 1 aliphatic carbocycles. The first-order valence-corrected chi connectivity index (χ1v) is 9.51. The third kappa shape index (κ3) is 3.48. The number of hydrogen-bond acceptors (Lipinski definition) is 5. The summed E-state index contributed by atoms with van der Waals surface area (Å²) in [5, 5.41) is 19.0. The monoisotopic (exact) mass is 417 g/mol. The first-order valence-electron chi connectivity index (χ1n) is 7.48. The Kier molecular flexibility index (Phi) is 4.84. The van der Waals surface area contributed by atoms with E-state index in [0.717, 1.165) is 12.1 Å². The van der Waals surface area contributed by atoms with Crippen molar-refractivity contribution in [3.63, 3.8) is 0 Å². The predicted octanol–water partition coefficient (Wildman–Crippen LogP) is 3.93. The summed E-state index contributed by atoms with van der Waals surface area (Å²) in [5.41, 5.74) is -0.672. The fourth-order valence-electron chi connectivity index (χ4n) is 2.89. The molecule has 0 radical (unpaired) electrons. The van der Waals surface area contributed by atoms with E-state index in [4.69, 9.17) is 21.6 Å². The highest BCUT2D eigenvalue weighted by atomic mass is 35.5. The molecule has 1 unspecified atom stereocenters. The van der Waals surface area contributed by atoms with Crippen molar-refractivity contribution >= 4 is 21.4 Å². The zero-order chi connectivity index (χ0) is 20.0. The van der Waals surface area contributed by atoms with E-state index >= 15 is 0 Å². The third-order valence-corrected chi connectivity index (χ3v) is 5.60. The molecule has 0 saturated carbocycles. The SMILES string of the molecule is N#Cc1cc(Cl)cc(Oc2ccc(S(=O)(=O)CF)c3c2CC(F)(F)C3O)c1. The van der Waals surface area contributed by atoms with Gasteiger partial charge in [-0.3, -0.25) is 0 Å². The number of fused-ring (bicyclic) bond motifs is 1. The summed E-state index contributed by atoms with van der Waals surface area (Å²) in [6.45, 7) is 0. The van der Waals surface area contributed by atoms with Crippen LogP contribution in [0.4, 0.5) is 13.2 Å². The quantitative estimate of drug-likeness (QED) is 0.814. The van der Waals surface area contributed by atoms with E-state index in [0.29, 0.717) is 0 Å². The van der Waals surface area contributed by atoms with Crippen LogP contribution in [-0.2, 0) is 16.3 Å². The summed E-state index contributed by atoms with van der Waals surface area (Å²) in [6.07, 6.45) is -3.40. The van der Waals surface area contributed by atoms with Crippen molar-refractivity contribution in [3.8, 4) is 17.6 Å². The van der Waals surface area contributed by atoms with Crippen molar-refractivity contribution in [1.82, 2.24) is 0 Å². The Labute approximate surface area is 157 Å². The summed E-state index contributed by atoms with van der Waals surface area (Å²) in [6, 6.07) is 6.09. The van der Waals surface area contributed by atoms with Gasteiger partial charge in [0.15, 0.2) is 6.01 Å². The molecule has 2 aromatic rings. The lowest BCUT2D eigenvalue weighted by Gasteiger charge is -2.16. The number of nitriles is 1. The van der Waals surface area contributed by atoms with E-state index in [-0.39, 0.29) is 27.6 Å². The van der Waals surface area contributed by atoms with Gasteiger partial charge in [-0.1, -0.05) is 11.6 Å². The molecule has 0 aromatic heterocycles. The second kappa shape index (κ2) is 6.71. The number of alkyl halides is 3. The molecule has 1 atom stereocenters. The Morgan fingerprint density at radius 3 is 2.67 bits per heavy atom. The van der Waals surface area contributed by atoms with E-state index in [1.165, 1.54) is 18.2 Å². The van der Waals surface area contributed by atoms with E-state index in [2.05, 4.69) is 0 Å². The minimum Gasteiger partial charge on any atom is -0.457 e. The molecule has 0 fully saturated rings. The molecular formula is C17H11ClF3NO4S. The topological polar surface area (TPSA) is 87.4 Å². The smallest absolute Gasteiger partial charge is 0.281 e. The normalized spacial score (nSPS) is 18.0. The first kappa shape index (κ1) is 19.5. The van der Waals surface area contributed by atoms with Crippen LogP contribution in [0.2, 0.25) is 5.02 Å². The molecule has 0 spiro atoms. The Hall–Kier alpha value is -2.28. The summed E-state index contributed by atoms with van der Waals surface area (Å²) in [5.74, 6) is -3.73. The number of rotatable bonds is 4. The Morgan fingerprint density at radius 2 is 2.04 bits per heavy atom. The van der Waals surface area contributed by atoms with Crippen LogP contribution in [0.15, 0.2) is 35.2 Å². The van der Waals surface area contributed by atoms with Gasteiger partial charge in [0.1, 0.15) is 17.6 Å². The van der Waals surface area contributed by atoms with Gasteiger partial charge in [-0.2, -0.15) is 5.26 Å². The number of hydrogen-bond donors (Lipinski definition) is 1. The summed E-state index contributed by atoms with van der Waals surface area (Å²) in [7, 11) is -4.49. The number of halogens is 4. The lowest BCUT2D eigenvalue weighted by Crippen LogP contribution is -2.22. The summed E-state index contributed by atoms with van der Waals surface area (Å²) in [4.78, 5) is -0.708. The first-order chi connectivity index (χ1) is 12.6. The zero-order valence-electron chi connectivity index (χ0n) is 13.4. The molecule has 3 rings (SSSR count). The highest BCUT2D eigenvalue weighted by molar-refractivity contribution is 7.91. The molecule has 0 amide bonds. The summed E-state index contributed by atoms with van der Waals surface area (Å²) < 4.78 is 70.3. The van der Waals surface area contributed by atoms with Crippen molar-refractivity contribution < 1.29 is 31.4 Å². The molecule has 0 saturated heterocycles. The molecule has 0 bridgehead atoms. The molecule has 1 N–H and O–H groups in total. The van der Waals surface area contributed by atoms with Crippen molar-refractivity contribution in [2.24, 2.45) is 0 Å². The summed E-state index contributed by atoms with van der Waals surface area (Å²) >= 11 is 5.87. The Bertz CT molecular complexity index is 1070. The highest BCUT2D eigenvalue weighted by Crippen LogP contribution is 2.49. The molecule has 5 nitrogen and oxygen atoms in total. The van der Waals surface area contributed by atoms with Crippen LogP contribution in [-0.4, -0.2) is 25.5 Å².